The molecule has 1 fully saturated rings. The summed E-state index contributed by atoms with van der Waals surface area (Å²) in [5.41, 5.74) is 1.32. The minimum Gasteiger partial charge on any atom is -0.336 e. The van der Waals surface area contributed by atoms with Crippen LogP contribution in [-0.4, -0.2) is 56.8 Å². The average molecular weight is 214 g/mol. The van der Waals surface area contributed by atoms with E-state index in [0.717, 1.165) is 26.2 Å². The van der Waals surface area contributed by atoms with Crippen molar-refractivity contribution in [1.29, 1.82) is 0 Å². The van der Waals surface area contributed by atoms with Crippen molar-refractivity contribution in [3.8, 4) is 0 Å². The smallest absolute Gasteiger partial charge is 0.253 e. The van der Waals surface area contributed by atoms with Crippen molar-refractivity contribution in [2.45, 2.75) is 0 Å². The summed E-state index contributed by atoms with van der Waals surface area (Å²) in [4.78, 5) is 16.2. The molecule has 0 unspecified atom stereocenters. The largest absolute Gasteiger partial charge is 0.336 e. The molecule has 0 aromatic heterocycles. The molecule has 4 heteroatoms. The van der Waals surface area contributed by atoms with E-state index in [4.69, 9.17) is 7.85 Å². The van der Waals surface area contributed by atoms with Gasteiger partial charge in [-0.15, -0.1) is 0 Å². The number of likely N-dealkylation sites (N-methyl/N-ethyl adjacent to an activating group) is 1. The van der Waals surface area contributed by atoms with Crippen LogP contribution in [0.4, 0.5) is 0 Å². The third-order valence-electron chi connectivity index (χ3n) is 2.92. The molecule has 2 radical (unpaired) electrons. The monoisotopic (exact) mass is 214 g/mol. The molecule has 1 heterocycles. The highest BCUT2D eigenvalue weighted by atomic mass is 16.2. The predicted molar refractivity (Wildman–Crippen MR) is 65.2 cm³/mol. The summed E-state index contributed by atoms with van der Waals surface area (Å²) in [6.45, 7) is 3.47. The summed E-state index contributed by atoms with van der Waals surface area (Å²) >= 11 is 0. The fraction of sp³-hybridized carbons (Fsp3) is 0.417. The normalized spacial score (nSPS) is 17.4. The number of benzene rings is 1. The molecule has 0 spiro atoms. The van der Waals surface area contributed by atoms with Crippen LogP contribution in [0.15, 0.2) is 24.3 Å². The van der Waals surface area contributed by atoms with Crippen molar-refractivity contribution in [1.82, 2.24) is 9.80 Å². The van der Waals surface area contributed by atoms with Gasteiger partial charge in [0.15, 0.2) is 0 Å². The molecular formula is C12H15BN2O. The van der Waals surface area contributed by atoms with Crippen LogP contribution in [0.3, 0.4) is 0 Å². The zero-order valence-corrected chi connectivity index (χ0v) is 9.52. The lowest BCUT2D eigenvalue weighted by Crippen LogP contribution is -2.47. The maximum atomic E-state index is 12.1. The second kappa shape index (κ2) is 4.70. The SMILES string of the molecule is [B]c1cccc(C(=O)N2CCN(C)CC2)c1. The van der Waals surface area contributed by atoms with E-state index in [0.29, 0.717) is 11.0 Å². The fourth-order valence-electron chi connectivity index (χ4n) is 1.86. The van der Waals surface area contributed by atoms with E-state index in [2.05, 4.69) is 11.9 Å². The molecule has 1 saturated heterocycles. The van der Waals surface area contributed by atoms with E-state index in [1.807, 2.05) is 17.0 Å². The first-order chi connectivity index (χ1) is 7.66. The summed E-state index contributed by atoms with van der Waals surface area (Å²) in [6, 6.07) is 7.16. The maximum Gasteiger partial charge on any atom is 0.253 e. The number of carbonyl (C=O) groups excluding carboxylic acids is 1. The first-order valence-electron chi connectivity index (χ1n) is 5.50. The second-order valence-electron chi connectivity index (χ2n) is 4.22. The lowest BCUT2D eigenvalue weighted by Gasteiger charge is -2.32. The molecule has 3 nitrogen and oxygen atoms in total. The fourth-order valence-corrected chi connectivity index (χ4v) is 1.86. The third-order valence-corrected chi connectivity index (χ3v) is 2.92. The molecule has 0 atom stereocenters. The van der Waals surface area contributed by atoms with E-state index in [1.54, 1.807) is 12.1 Å². The number of hydrogen-bond acceptors (Lipinski definition) is 2. The third kappa shape index (κ3) is 2.45. The zero-order valence-electron chi connectivity index (χ0n) is 9.52. The van der Waals surface area contributed by atoms with Gasteiger partial charge in [0.2, 0.25) is 0 Å². The highest BCUT2D eigenvalue weighted by molar-refractivity contribution is 6.32. The van der Waals surface area contributed by atoms with Crippen molar-refractivity contribution < 1.29 is 4.79 Å². The van der Waals surface area contributed by atoms with Gasteiger partial charge < -0.3 is 9.80 Å². The topological polar surface area (TPSA) is 23.6 Å². The van der Waals surface area contributed by atoms with Gasteiger partial charge in [0.1, 0.15) is 7.85 Å². The van der Waals surface area contributed by atoms with Gasteiger partial charge in [-0.1, -0.05) is 23.7 Å². The Morgan fingerprint density at radius 1 is 1.25 bits per heavy atom. The molecule has 0 saturated carbocycles. The van der Waals surface area contributed by atoms with Gasteiger partial charge >= 0.3 is 0 Å². The van der Waals surface area contributed by atoms with Gasteiger partial charge in [-0.3, -0.25) is 4.79 Å². The van der Waals surface area contributed by atoms with Gasteiger partial charge in [-0.25, -0.2) is 0 Å². The molecule has 0 bridgehead atoms. The summed E-state index contributed by atoms with van der Waals surface area (Å²) < 4.78 is 0. The molecule has 0 N–H and O–H groups in total. The summed E-state index contributed by atoms with van der Waals surface area (Å²) in [7, 11) is 7.74. The van der Waals surface area contributed by atoms with E-state index in [1.165, 1.54) is 0 Å². The van der Waals surface area contributed by atoms with Gasteiger partial charge in [0.05, 0.1) is 0 Å². The number of carbonyl (C=O) groups is 1. The Hall–Kier alpha value is -1.29. The second-order valence-corrected chi connectivity index (χ2v) is 4.22. The van der Waals surface area contributed by atoms with Crippen molar-refractivity contribution in [3.05, 3.63) is 29.8 Å². The molecule has 0 aliphatic carbocycles. The summed E-state index contributed by atoms with van der Waals surface area (Å²) in [5, 5.41) is 0. The van der Waals surface area contributed by atoms with Gasteiger partial charge in [0, 0.05) is 31.7 Å². The summed E-state index contributed by atoms with van der Waals surface area (Å²) in [6.07, 6.45) is 0. The van der Waals surface area contributed by atoms with Crippen LogP contribution in [0.25, 0.3) is 0 Å². The number of rotatable bonds is 1. The minimum absolute atomic E-state index is 0.0837. The molecule has 1 aromatic carbocycles. The number of nitrogens with zero attached hydrogens (tertiary/aromatic N) is 2. The average Bonchev–Trinajstić information content (AvgIpc) is 2.29. The minimum atomic E-state index is 0.0837. The Morgan fingerprint density at radius 2 is 1.94 bits per heavy atom. The first-order valence-corrected chi connectivity index (χ1v) is 5.50. The van der Waals surface area contributed by atoms with E-state index >= 15 is 0 Å². The van der Waals surface area contributed by atoms with Crippen molar-refractivity contribution in [2.24, 2.45) is 0 Å². The van der Waals surface area contributed by atoms with Crippen molar-refractivity contribution in [2.75, 3.05) is 33.2 Å². The van der Waals surface area contributed by atoms with E-state index in [-0.39, 0.29) is 5.91 Å². The van der Waals surface area contributed by atoms with Crippen molar-refractivity contribution in [3.63, 3.8) is 0 Å². The van der Waals surface area contributed by atoms with Crippen LogP contribution in [-0.2, 0) is 0 Å². The Balaban J connectivity index is 2.08. The molecule has 16 heavy (non-hydrogen) atoms. The lowest BCUT2D eigenvalue weighted by molar-refractivity contribution is 0.0664. The van der Waals surface area contributed by atoms with E-state index < -0.39 is 0 Å². The van der Waals surface area contributed by atoms with Crippen LogP contribution < -0.4 is 5.46 Å². The molecule has 1 aromatic rings. The van der Waals surface area contributed by atoms with Crippen LogP contribution >= 0.6 is 0 Å². The summed E-state index contributed by atoms with van der Waals surface area (Å²) in [5.74, 6) is 0.0837. The van der Waals surface area contributed by atoms with Gasteiger partial charge in [-0.05, 0) is 13.1 Å². The first kappa shape index (κ1) is 11.2. The van der Waals surface area contributed by atoms with Gasteiger partial charge in [0.25, 0.3) is 5.91 Å². The van der Waals surface area contributed by atoms with Gasteiger partial charge in [-0.2, -0.15) is 0 Å². The Labute approximate surface area is 97.4 Å². The predicted octanol–water partition coefficient (Wildman–Crippen LogP) is -0.132. The number of piperazine rings is 1. The Morgan fingerprint density at radius 3 is 2.56 bits per heavy atom. The standard InChI is InChI=1S/C12H15BN2O/c1-14-5-7-15(8-6-14)12(16)10-3-2-4-11(13)9-10/h2-4,9H,5-8H2,1H3. The van der Waals surface area contributed by atoms with Crippen LogP contribution in [0.1, 0.15) is 10.4 Å². The molecule has 1 aliphatic rings. The maximum absolute atomic E-state index is 12.1. The van der Waals surface area contributed by atoms with Crippen LogP contribution in [0.5, 0.6) is 0 Å². The number of amides is 1. The molecular weight excluding hydrogens is 199 g/mol. The lowest BCUT2D eigenvalue weighted by atomic mass is 9.94. The Bertz CT molecular complexity index is 386. The molecule has 1 amide bonds. The molecule has 2 rings (SSSR count). The highest BCUT2D eigenvalue weighted by Gasteiger charge is 2.19. The van der Waals surface area contributed by atoms with E-state index in [9.17, 15) is 4.79 Å². The molecule has 82 valence electrons. The highest BCUT2D eigenvalue weighted by Crippen LogP contribution is 2.06. The van der Waals surface area contributed by atoms with Crippen LogP contribution in [0.2, 0.25) is 0 Å². The molecule has 1 aliphatic heterocycles. The Kier molecular flexibility index (Phi) is 3.29. The van der Waals surface area contributed by atoms with Crippen molar-refractivity contribution >= 4 is 19.2 Å². The van der Waals surface area contributed by atoms with Crippen LogP contribution in [0, 0.1) is 0 Å². The quantitative estimate of drug-likeness (QED) is 0.608. The zero-order chi connectivity index (χ0) is 11.5. The number of hydrogen-bond donors (Lipinski definition) is 0.